The smallest absolute Gasteiger partial charge is 0.253 e. The number of amides is 1. The van der Waals surface area contributed by atoms with Crippen LogP contribution in [-0.4, -0.2) is 26.9 Å². The molecule has 0 saturated heterocycles. The molecule has 1 amide bonds. The van der Waals surface area contributed by atoms with E-state index >= 15 is 0 Å². The summed E-state index contributed by atoms with van der Waals surface area (Å²) in [6.07, 6.45) is 2.93. The Labute approximate surface area is 238 Å². The van der Waals surface area contributed by atoms with Gasteiger partial charge >= 0.3 is 0 Å². The van der Waals surface area contributed by atoms with Crippen LogP contribution >= 0.6 is 23.1 Å². The fourth-order valence-corrected chi connectivity index (χ4v) is 6.86. The molecule has 196 valence electrons. The second-order valence-corrected chi connectivity index (χ2v) is 12.2. The van der Waals surface area contributed by atoms with Crippen LogP contribution in [0.25, 0.3) is 10.9 Å². The lowest BCUT2D eigenvalue weighted by molar-refractivity contribution is -0.130. The molecule has 0 saturated carbocycles. The van der Waals surface area contributed by atoms with E-state index in [1.165, 1.54) is 33.2 Å². The number of carbonyl (C=O) groups is 1. The molecule has 1 aliphatic rings. The van der Waals surface area contributed by atoms with Crippen LogP contribution in [0.4, 0.5) is 0 Å². The van der Waals surface area contributed by atoms with Crippen LogP contribution in [0, 0.1) is 20.8 Å². The van der Waals surface area contributed by atoms with E-state index in [1.807, 2.05) is 6.07 Å². The highest BCUT2D eigenvalue weighted by atomic mass is 32.2. The minimum Gasteiger partial charge on any atom is -0.342 e. The van der Waals surface area contributed by atoms with Crippen molar-refractivity contribution in [1.82, 2.24) is 9.58 Å². The summed E-state index contributed by atoms with van der Waals surface area (Å²) < 4.78 is 2.31. The lowest BCUT2D eigenvalue weighted by Crippen LogP contribution is -2.28. The van der Waals surface area contributed by atoms with Crippen molar-refractivity contribution in [3.05, 3.63) is 123 Å². The third kappa shape index (κ3) is 5.32. The molecule has 5 aromatic rings. The molecular formula is C33H31N3OS2. The van der Waals surface area contributed by atoms with Gasteiger partial charge < -0.3 is 4.57 Å². The Hall–Kier alpha value is -3.61. The van der Waals surface area contributed by atoms with Gasteiger partial charge in [-0.05, 0) is 55.0 Å². The maximum Gasteiger partial charge on any atom is 0.253 e. The normalized spacial score (nSPS) is 15.2. The van der Waals surface area contributed by atoms with Crippen molar-refractivity contribution in [2.24, 2.45) is 5.10 Å². The number of hydrazone groups is 1. The molecule has 4 nitrogen and oxygen atoms in total. The number of hydrogen-bond donors (Lipinski definition) is 0. The Balaban J connectivity index is 1.26. The van der Waals surface area contributed by atoms with Gasteiger partial charge in [-0.1, -0.05) is 77.9 Å². The zero-order valence-electron chi connectivity index (χ0n) is 22.4. The quantitative estimate of drug-likeness (QED) is 0.192. The van der Waals surface area contributed by atoms with Crippen LogP contribution in [-0.2, 0) is 11.3 Å². The van der Waals surface area contributed by atoms with Crippen molar-refractivity contribution in [2.75, 3.05) is 5.75 Å². The predicted molar refractivity (Wildman–Crippen MR) is 164 cm³/mol. The number of para-hydroxylation sites is 1. The van der Waals surface area contributed by atoms with E-state index in [0.29, 0.717) is 5.75 Å². The molecule has 0 fully saturated rings. The monoisotopic (exact) mass is 549 g/mol. The van der Waals surface area contributed by atoms with Crippen molar-refractivity contribution in [3.63, 3.8) is 0 Å². The van der Waals surface area contributed by atoms with Gasteiger partial charge in [0.25, 0.3) is 5.91 Å². The Morgan fingerprint density at radius 3 is 2.56 bits per heavy atom. The van der Waals surface area contributed by atoms with Gasteiger partial charge in [-0.3, -0.25) is 4.79 Å². The van der Waals surface area contributed by atoms with Crippen LogP contribution < -0.4 is 0 Å². The highest BCUT2D eigenvalue weighted by molar-refractivity contribution is 8.00. The number of rotatable bonds is 7. The van der Waals surface area contributed by atoms with E-state index in [1.54, 1.807) is 28.1 Å². The van der Waals surface area contributed by atoms with Gasteiger partial charge in [0.2, 0.25) is 0 Å². The van der Waals surface area contributed by atoms with Gasteiger partial charge in [0.1, 0.15) is 0 Å². The van der Waals surface area contributed by atoms with Crippen LogP contribution in [0.2, 0.25) is 0 Å². The number of thiophene rings is 1. The Kier molecular flexibility index (Phi) is 7.15. The van der Waals surface area contributed by atoms with Gasteiger partial charge in [0.05, 0.1) is 22.4 Å². The van der Waals surface area contributed by atoms with E-state index in [0.717, 1.165) is 34.0 Å². The average molecular weight is 550 g/mol. The molecule has 0 N–H and O–H groups in total. The molecule has 3 aromatic carbocycles. The van der Waals surface area contributed by atoms with E-state index < -0.39 is 0 Å². The third-order valence-electron chi connectivity index (χ3n) is 7.38. The molecule has 0 unspecified atom stereocenters. The summed E-state index contributed by atoms with van der Waals surface area (Å²) in [6.45, 7) is 7.19. The lowest BCUT2D eigenvalue weighted by Gasteiger charge is -2.22. The molecule has 2 aromatic heterocycles. The number of benzene rings is 3. The fourth-order valence-electron chi connectivity index (χ4n) is 5.20. The van der Waals surface area contributed by atoms with Crippen LogP contribution in [0.1, 0.15) is 45.2 Å². The van der Waals surface area contributed by atoms with E-state index in [4.69, 9.17) is 5.10 Å². The van der Waals surface area contributed by atoms with Crippen LogP contribution in [0.5, 0.6) is 0 Å². The van der Waals surface area contributed by atoms with Gasteiger partial charge in [0.15, 0.2) is 0 Å². The first kappa shape index (κ1) is 25.7. The van der Waals surface area contributed by atoms with Gasteiger partial charge in [-0.2, -0.15) is 5.10 Å². The molecule has 0 bridgehead atoms. The topological polar surface area (TPSA) is 37.6 Å². The van der Waals surface area contributed by atoms with Crippen molar-refractivity contribution < 1.29 is 4.79 Å². The highest BCUT2D eigenvalue weighted by Gasteiger charge is 2.33. The van der Waals surface area contributed by atoms with Crippen molar-refractivity contribution in [2.45, 2.75) is 44.7 Å². The molecule has 6 rings (SSSR count). The van der Waals surface area contributed by atoms with E-state index in [-0.39, 0.29) is 11.9 Å². The van der Waals surface area contributed by atoms with Gasteiger partial charge in [-0.15, -0.1) is 23.1 Å². The summed E-state index contributed by atoms with van der Waals surface area (Å²) in [7, 11) is 0. The maximum absolute atomic E-state index is 13.7. The third-order valence-corrected chi connectivity index (χ3v) is 9.33. The summed E-state index contributed by atoms with van der Waals surface area (Å²) in [4.78, 5) is 15.9. The Morgan fingerprint density at radius 1 is 0.974 bits per heavy atom. The summed E-state index contributed by atoms with van der Waals surface area (Å²) >= 11 is 3.28. The Morgan fingerprint density at radius 2 is 1.77 bits per heavy atom. The number of hydrogen-bond acceptors (Lipinski definition) is 4. The number of thioether (sulfide) groups is 1. The van der Waals surface area contributed by atoms with Crippen molar-refractivity contribution in [3.8, 4) is 0 Å². The number of carbonyl (C=O) groups excluding carboxylic acids is 1. The molecule has 39 heavy (non-hydrogen) atoms. The standard InChI is InChI=1S/C33H31N3OS2/c1-22-11-14-25(15-12-22)30-18-28(31-9-6-16-38-31)34-36(30)33(37)21-39-32-20-35(29-8-5-4-7-27(29)32)19-26-17-23(2)10-13-24(26)3/h4-17,20,30H,18-19,21H2,1-3H3/t30-/m1/s1. The minimum atomic E-state index is -0.0820. The zero-order valence-corrected chi connectivity index (χ0v) is 24.1. The van der Waals surface area contributed by atoms with Crippen LogP contribution in [0.3, 0.4) is 0 Å². The zero-order chi connectivity index (χ0) is 26.9. The second-order valence-electron chi connectivity index (χ2n) is 10.2. The molecule has 0 aliphatic carbocycles. The predicted octanol–water partition coefficient (Wildman–Crippen LogP) is 8.15. The van der Waals surface area contributed by atoms with Gasteiger partial charge in [0, 0.05) is 35.0 Å². The molecule has 6 heteroatoms. The van der Waals surface area contributed by atoms with Crippen LogP contribution in [0.15, 0.2) is 100 Å². The SMILES string of the molecule is Cc1ccc([C@H]2CC(c3cccs3)=NN2C(=O)CSc2cn(Cc3cc(C)ccc3C)c3ccccc23)cc1. The minimum absolute atomic E-state index is 0.0310. The summed E-state index contributed by atoms with van der Waals surface area (Å²) in [5.41, 5.74) is 8.38. The Bertz CT molecular complexity index is 1670. The first-order valence-corrected chi connectivity index (χ1v) is 15.1. The average Bonchev–Trinajstić information content (AvgIpc) is 3.69. The molecule has 0 radical (unpaired) electrons. The summed E-state index contributed by atoms with van der Waals surface area (Å²) in [5.74, 6) is 0.365. The van der Waals surface area contributed by atoms with Crippen molar-refractivity contribution in [1.29, 1.82) is 0 Å². The first-order valence-electron chi connectivity index (χ1n) is 13.2. The number of nitrogens with zero attached hydrogens (tertiary/aromatic N) is 3. The number of aryl methyl sites for hydroxylation is 3. The van der Waals surface area contributed by atoms with Gasteiger partial charge in [-0.25, -0.2) is 5.01 Å². The second kappa shape index (κ2) is 10.9. The fraction of sp³-hybridized carbons (Fsp3) is 0.212. The number of fused-ring (bicyclic) bond motifs is 1. The lowest BCUT2D eigenvalue weighted by atomic mass is 10.00. The molecule has 1 aliphatic heterocycles. The van der Waals surface area contributed by atoms with E-state index in [2.05, 4.69) is 110 Å². The molecular weight excluding hydrogens is 519 g/mol. The number of aromatic nitrogens is 1. The maximum atomic E-state index is 13.7. The molecule has 0 spiro atoms. The molecule has 3 heterocycles. The van der Waals surface area contributed by atoms with E-state index in [9.17, 15) is 4.79 Å². The van der Waals surface area contributed by atoms with Crippen molar-refractivity contribution >= 4 is 45.6 Å². The molecule has 1 atom stereocenters. The highest BCUT2D eigenvalue weighted by Crippen LogP contribution is 2.36. The summed E-state index contributed by atoms with van der Waals surface area (Å²) in [5, 5.41) is 9.82. The first-order chi connectivity index (χ1) is 19.0. The summed E-state index contributed by atoms with van der Waals surface area (Å²) in [6, 6.07) is 27.6. The largest absolute Gasteiger partial charge is 0.342 e.